The molecule has 1 fully saturated rings. The topological polar surface area (TPSA) is 125 Å². The molecule has 5 N–H and O–H groups in total. The van der Waals surface area contributed by atoms with Crippen LogP contribution in [0.25, 0.3) is 11.2 Å². The van der Waals surface area contributed by atoms with Gasteiger partial charge in [0.25, 0.3) is 0 Å². The molecule has 0 radical (unpaired) electrons. The number of ether oxygens (including phenoxy) is 1. The lowest BCUT2D eigenvalue weighted by Gasteiger charge is -2.13. The van der Waals surface area contributed by atoms with Gasteiger partial charge in [-0.15, -0.1) is 0 Å². The molecule has 0 amide bonds. The summed E-state index contributed by atoms with van der Waals surface area (Å²) in [5.74, 6) is 0.367. The Kier molecular flexibility index (Phi) is 2.53. The average molecular weight is 250 g/mol. The van der Waals surface area contributed by atoms with Crippen LogP contribution in [0.3, 0.4) is 0 Å². The largest absolute Gasteiger partial charge is 0.394 e. The standard InChI is InChI=1S/C10H14N6O2/c11-8-7-9(15-10(12)14-8)16(4-13-7)6-2-1-5(3-17)18-6/h4-6,17H,1-3H2,(H4,11,12,14,15)/t5-,6+/m1/s1. The number of aliphatic hydroxyl groups excluding tert-OH is 1. The number of rotatable bonds is 2. The Morgan fingerprint density at radius 1 is 1.39 bits per heavy atom. The van der Waals surface area contributed by atoms with Gasteiger partial charge < -0.3 is 21.3 Å². The second-order valence-electron chi connectivity index (χ2n) is 4.26. The minimum atomic E-state index is -0.194. The maximum Gasteiger partial charge on any atom is 0.224 e. The Hall–Kier alpha value is -1.93. The molecular weight excluding hydrogens is 236 g/mol. The summed E-state index contributed by atoms with van der Waals surface area (Å²) in [6.07, 6.45) is 2.88. The highest BCUT2D eigenvalue weighted by atomic mass is 16.5. The summed E-state index contributed by atoms with van der Waals surface area (Å²) in [5, 5.41) is 9.07. The number of aromatic nitrogens is 4. The molecule has 2 atom stereocenters. The maximum absolute atomic E-state index is 9.07. The molecule has 1 aliphatic heterocycles. The Balaban J connectivity index is 2.03. The van der Waals surface area contributed by atoms with Crippen molar-refractivity contribution in [3.8, 4) is 0 Å². The predicted octanol–water partition coefficient (Wildman–Crippen LogP) is -0.339. The van der Waals surface area contributed by atoms with Crippen molar-refractivity contribution in [3.05, 3.63) is 6.33 Å². The van der Waals surface area contributed by atoms with Crippen molar-refractivity contribution in [2.24, 2.45) is 0 Å². The third-order valence-corrected chi connectivity index (χ3v) is 3.06. The molecule has 0 saturated carbocycles. The van der Waals surface area contributed by atoms with E-state index in [1.54, 1.807) is 10.9 Å². The molecule has 0 unspecified atom stereocenters. The first-order chi connectivity index (χ1) is 8.69. The van der Waals surface area contributed by atoms with Crippen LogP contribution in [0.15, 0.2) is 6.33 Å². The molecule has 96 valence electrons. The minimum Gasteiger partial charge on any atom is -0.394 e. The van der Waals surface area contributed by atoms with Crippen LogP contribution in [0.5, 0.6) is 0 Å². The van der Waals surface area contributed by atoms with Gasteiger partial charge in [-0.1, -0.05) is 0 Å². The fourth-order valence-corrected chi connectivity index (χ4v) is 2.19. The highest BCUT2D eigenvalue weighted by Gasteiger charge is 2.27. The zero-order valence-corrected chi connectivity index (χ0v) is 9.65. The lowest BCUT2D eigenvalue weighted by atomic mass is 10.2. The number of imidazole rings is 1. The van der Waals surface area contributed by atoms with Crippen LogP contribution in [0.1, 0.15) is 19.1 Å². The number of nitrogens with zero attached hydrogens (tertiary/aromatic N) is 4. The van der Waals surface area contributed by atoms with Crippen LogP contribution >= 0.6 is 0 Å². The van der Waals surface area contributed by atoms with Gasteiger partial charge in [0, 0.05) is 0 Å². The Bertz CT molecular complexity index is 583. The van der Waals surface area contributed by atoms with Crippen molar-refractivity contribution in [2.45, 2.75) is 25.2 Å². The average Bonchev–Trinajstić information content (AvgIpc) is 2.93. The van der Waals surface area contributed by atoms with Crippen molar-refractivity contribution in [1.82, 2.24) is 19.5 Å². The molecule has 8 heteroatoms. The van der Waals surface area contributed by atoms with Crippen molar-refractivity contribution >= 4 is 22.9 Å². The summed E-state index contributed by atoms with van der Waals surface area (Å²) in [4.78, 5) is 12.2. The Labute approximate surface area is 103 Å². The van der Waals surface area contributed by atoms with E-state index in [1.165, 1.54) is 0 Å². The molecule has 3 rings (SSSR count). The van der Waals surface area contributed by atoms with Gasteiger partial charge in [0.1, 0.15) is 11.7 Å². The molecule has 0 spiro atoms. The third kappa shape index (κ3) is 1.66. The van der Waals surface area contributed by atoms with Gasteiger partial charge in [0.05, 0.1) is 19.0 Å². The van der Waals surface area contributed by atoms with Crippen molar-refractivity contribution in [3.63, 3.8) is 0 Å². The van der Waals surface area contributed by atoms with E-state index in [1.807, 2.05) is 0 Å². The van der Waals surface area contributed by atoms with Crippen LogP contribution in [-0.2, 0) is 4.74 Å². The summed E-state index contributed by atoms with van der Waals surface area (Å²) in [7, 11) is 0. The molecule has 2 aromatic heterocycles. The van der Waals surface area contributed by atoms with Gasteiger partial charge >= 0.3 is 0 Å². The van der Waals surface area contributed by atoms with Gasteiger partial charge in [0.2, 0.25) is 5.95 Å². The van der Waals surface area contributed by atoms with Gasteiger partial charge in [-0.05, 0) is 12.8 Å². The molecule has 3 heterocycles. The molecule has 8 nitrogen and oxygen atoms in total. The van der Waals surface area contributed by atoms with E-state index in [4.69, 9.17) is 21.3 Å². The Morgan fingerprint density at radius 2 is 2.22 bits per heavy atom. The minimum absolute atomic E-state index is 0.0163. The number of hydrogen-bond donors (Lipinski definition) is 3. The number of fused-ring (bicyclic) bond motifs is 1. The van der Waals surface area contributed by atoms with E-state index in [2.05, 4.69) is 15.0 Å². The van der Waals surface area contributed by atoms with Gasteiger partial charge in [-0.25, -0.2) is 4.98 Å². The predicted molar refractivity (Wildman–Crippen MR) is 64.4 cm³/mol. The van der Waals surface area contributed by atoms with E-state index in [9.17, 15) is 0 Å². The molecule has 2 aromatic rings. The molecule has 0 bridgehead atoms. The second-order valence-corrected chi connectivity index (χ2v) is 4.26. The number of aliphatic hydroxyl groups is 1. The second kappa shape index (κ2) is 4.07. The first-order valence-corrected chi connectivity index (χ1v) is 5.71. The smallest absolute Gasteiger partial charge is 0.224 e. The normalized spacial score (nSPS) is 23.8. The van der Waals surface area contributed by atoms with E-state index >= 15 is 0 Å². The molecule has 1 aliphatic rings. The maximum atomic E-state index is 9.07. The van der Waals surface area contributed by atoms with E-state index in [0.717, 1.165) is 12.8 Å². The van der Waals surface area contributed by atoms with Crippen LogP contribution < -0.4 is 11.5 Å². The molecular formula is C10H14N6O2. The summed E-state index contributed by atoms with van der Waals surface area (Å²) < 4.78 is 7.45. The highest BCUT2D eigenvalue weighted by molar-refractivity contribution is 5.82. The van der Waals surface area contributed by atoms with Crippen molar-refractivity contribution < 1.29 is 9.84 Å². The van der Waals surface area contributed by atoms with E-state index < -0.39 is 0 Å². The lowest BCUT2D eigenvalue weighted by Crippen LogP contribution is -2.14. The van der Waals surface area contributed by atoms with Crippen LogP contribution in [0.4, 0.5) is 11.8 Å². The van der Waals surface area contributed by atoms with Crippen LogP contribution in [0.2, 0.25) is 0 Å². The highest BCUT2D eigenvalue weighted by Crippen LogP contribution is 2.30. The fraction of sp³-hybridized carbons (Fsp3) is 0.500. The number of nitrogen functional groups attached to an aromatic ring is 2. The van der Waals surface area contributed by atoms with Crippen molar-refractivity contribution in [1.29, 1.82) is 0 Å². The van der Waals surface area contributed by atoms with Crippen molar-refractivity contribution in [2.75, 3.05) is 18.1 Å². The van der Waals surface area contributed by atoms with Crippen LogP contribution in [0, 0.1) is 0 Å². The SMILES string of the molecule is Nc1nc(N)c2ncn([C@@H]3CC[C@H](CO)O3)c2n1. The van der Waals surface area contributed by atoms with Gasteiger partial charge in [-0.2, -0.15) is 9.97 Å². The summed E-state index contributed by atoms with van der Waals surface area (Å²) in [6, 6.07) is 0. The lowest BCUT2D eigenvalue weighted by molar-refractivity contribution is -0.0207. The molecule has 18 heavy (non-hydrogen) atoms. The first kappa shape index (κ1) is 11.2. The molecule has 1 saturated heterocycles. The van der Waals surface area contributed by atoms with Gasteiger partial charge in [0.15, 0.2) is 11.5 Å². The summed E-state index contributed by atoms with van der Waals surface area (Å²) in [5.41, 5.74) is 12.4. The van der Waals surface area contributed by atoms with Gasteiger partial charge in [-0.3, -0.25) is 4.57 Å². The summed E-state index contributed by atoms with van der Waals surface area (Å²) in [6.45, 7) is 0.0163. The number of anilines is 2. The summed E-state index contributed by atoms with van der Waals surface area (Å²) >= 11 is 0. The first-order valence-electron chi connectivity index (χ1n) is 5.71. The monoisotopic (exact) mass is 250 g/mol. The third-order valence-electron chi connectivity index (χ3n) is 3.06. The van der Waals surface area contributed by atoms with Crippen LogP contribution in [-0.4, -0.2) is 37.3 Å². The molecule has 0 aromatic carbocycles. The zero-order chi connectivity index (χ0) is 12.7. The number of hydrogen-bond acceptors (Lipinski definition) is 7. The zero-order valence-electron chi connectivity index (χ0n) is 9.65. The fourth-order valence-electron chi connectivity index (χ4n) is 2.19. The number of nitrogens with two attached hydrogens (primary N) is 2. The van der Waals surface area contributed by atoms with E-state index in [-0.39, 0.29) is 30.7 Å². The van der Waals surface area contributed by atoms with E-state index in [0.29, 0.717) is 11.2 Å². The molecule has 0 aliphatic carbocycles. The quantitative estimate of drug-likeness (QED) is 0.665. The Morgan fingerprint density at radius 3 is 2.94 bits per heavy atom.